The second kappa shape index (κ2) is 27.8. The molecule has 1 aromatic heterocycles. The molecular weight excluding hydrogens is 918 g/mol. The Morgan fingerprint density at radius 2 is 1.56 bits per heavy atom. The number of rotatable bonds is 23. The van der Waals surface area contributed by atoms with E-state index in [1.165, 1.54) is 5.06 Å². The molecule has 2 aromatic rings. The Morgan fingerprint density at radius 1 is 0.929 bits per heavy atom. The summed E-state index contributed by atoms with van der Waals surface area (Å²) < 4.78 is 44.0. The summed E-state index contributed by atoms with van der Waals surface area (Å²) in [7, 11) is 6.85. The minimum atomic E-state index is -5.08. The van der Waals surface area contributed by atoms with E-state index in [1.54, 1.807) is 21.1 Å². The molecule has 1 aromatic carbocycles. The summed E-state index contributed by atoms with van der Waals surface area (Å²) in [5.41, 5.74) is 7.64. The molecule has 70 heavy (non-hydrogen) atoms. The number of likely N-dealkylation sites (tertiary alicyclic amines) is 1. The molecule has 2 saturated heterocycles. The van der Waals surface area contributed by atoms with Gasteiger partial charge in [0.1, 0.15) is 6.04 Å². The number of aromatic amines is 1. The predicted molar refractivity (Wildman–Crippen MR) is 258 cm³/mol. The van der Waals surface area contributed by atoms with E-state index in [0.29, 0.717) is 39.2 Å². The van der Waals surface area contributed by atoms with Gasteiger partial charge in [0.15, 0.2) is 0 Å². The number of carboxylic acid groups (broad SMARTS) is 1. The Morgan fingerprint density at radius 3 is 2.10 bits per heavy atom. The molecule has 0 spiro atoms. The van der Waals surface area contributed by atoms with E-state index in [9.17, 15) is 37.1 Å². The number of amides is 5. The Balaban J connectivity index is 0.00000171. The number of nitrogens with one attached hydrogen (secondary N) is 3. The van der Waals surface area contributed by atoms with Crippen molar-refractivity contribution in [3.63, 3.8) is 0 Å². The van der Waals surface area contributed by atoms with Crippen LogP contribution in [0.25, 0.3) is 10.9 Å². The van der Waals surface area contributed by atoms with Crippen molar-refractivity contribution in [3.8, 4) is 0 Å². The second-order valence-corrected chi connectivity index (χ2v) is 19.2. The number of halogens is 3. The van der Waals surface area contributed by atoms with Crippen molar-refractivity contribution in [3.05, 3.63) is 36.0 Å². The number of methoxy groups -OCH3 is 2. The number of para-hydroxylation sites is 1. The van der Waals surface area contributed by atoms with E-state index < -0.39 is 60.3 Å². The quantitative estimate of drug-likeness (QED) is 0.104. The number of carbonyl (C=O) groups excluding carboxylic acids is 5. The number of H-pyrrole nitrogens is 1. The summed E-state index contributed by atoms with van der Waals surface area (Å²) >= 11 is 0. The van der Waals surface area contributed by atoms with Gasteiger partial charge in [-0.1, -0.05) is 73.1 Å². The normalized spacial score (nSPS) is 19.0. The molecule has 18 nitrogen and oxygen atoms in total. The monoisotopic (exact) mass is 997 g/mol. The van der Waals surface area contributed by atoms with Crippen molar-refractivity contribution in [2.75, 3.05) is 61.1 Å². The summed E-state index contributed by atoms with van der Waals surface area (Å²) in [6.45, 7) is 16.0. The SMILES string of the molecule is CC[C@H](C)[C@@H]([C@@H](CC(=O)N1CCC[C@H]1[C@H](OC)[C@@H](C)C(=O)N[C@@H](Cc1c[nH]c2ccccc12)C(=O)N1CCCCO1)OC)N(C)[C@H](C(=O)NC(=O)[C@H](C(C)C)N(C)CCN)C(C)C.O=C(O)C(F)(F)F. The van der Waals surface area contributed by atoms with E-state index in [-0.39, 0.29) is 60.3 Å². The van der Waals surface area contributed by atoms with Crippen LogP contribution in [0, 0.1) is 23.7 Å². The number of likely N-dealkylation sites (N-methyl/N-ethyl adjacent to an activating group) is 2. The van der Waals surface area contributed by atoms with E-state index in [2.05, 4.69) is 29.5 Å². The second-order valence-electron chi connectivity index (χ2n) is 19.2. The van der Waals surface area contributed by atoms with Crippen LogP contribution >= 0.6 is 0 Å². The zero-order valence-corrected chi connectivity index (χ0v) is 42.8. The van der Waals surface area contributed by atoms with Crippen molar-refractivity contribution in [1.82, 2.24) is 35.4 Å². The lowest BCUT2D eigenvalue weighted by Gasteiger charge is -2.43. The zero-order valence-electron chi connectivity index (χ0n) is 42.8. The molecule has 0 unspecified atom stereocenters. The highest BCUT2D eigenvalue weighted by molar-refractivity contribution is 6.00. The van der Waals surface area contributed by atoms with Gasteiger partial charge in [-0.15, -0.1) is 0 Å². The van der Waals surface area contributed by atoms with Crippen LogP contribution in [0.3, 0.4) is 0 Å². The topological polar surface area (TPSA) is 229 Å². The fourth-order valence-electron chi connectivity index (χ4n) is 9.93. The van der Waals surface area contributed by atoms with E-state index in [0.717, 1.165) is 42.1 Å². The van der Waals surface area contributed by atoms with Crippen molar-refractivity contribution in [1.29, 1.82) is 0 Å². The van der Waals surface area contributed by atoms with Gasteiger partial charge in [0.2, 0.25) is 23.6 Å². The number of nitrogens with two attached hydrogens (primary N) is 1. The number of hydrogen-bond acceptors (Lipinski definition) is 12. The molecule has 2 aliphatic heterocycles. The number of nitrogens with zero attached hydrogens (tertiary/aromatic N) is 4. The fourth-order valence-corrected chi connectivity index (χ4v) is 9.93. The average Bonchev–Trinajstić information content (AvgIpc) is 3.96. The summed E-state index contributed by atoms with van der Waals surface area (Å²) in [4.78, 5) is 93.9. The number of hydroxylamine groups is 2. The van der Waals surface area contributed by atoms with Gasteiger partial charge in [-0.05, 0) is 69.2 Å². The van der Waals surface area contributed by atoms with Gasteiger partial charge >= 0.3 is 12.1 Å². The summed E-state index contributed by atoms with van der Waals surface area (Å²) in [5, 5.41) is 15.2. The molecule has 0 saturated carbocycles. The highest BCUT2D eigenvalue weighted by Crippen LogP contribution is 2.31. The summed E-state index contributed by atoms with van der Waals surface area (Å²) in [6.07, 6.45) is -0.385. The molecule has 9 atom stereocenters. The minimum Gasteiger partial charge on any atom is -0.475 e. The first-order valence-electron chi connectivity index (χ1n) is 24.4. The van der Waals surface area contributed by atoms with Gasteiger partial charge in [0.05, 0.1) is 49.3 Å². The molecule has 21 heteroatoms. The molecule has 3 heterocycles. The number of ether oxygens (including phenoxy) is 2. The maximum absolute atomic E-state index is 14.5. The Hall–Kier alpha value is -4.67. The molecular formula is C49H79F3N8O10. The predicted octanol–water partition coefficient (Wildman–Crippen LogP) is 4.36. The summed E-state index contributed by atoms with van der Waals surface area (Å²) in [6, 6.07) is 4.96. The fraction of sp³-hybridized carbons (Fsp3) is 0.714. The van der Waals surface area contributed by atoms with E-state index in [4.69, 9.17) is 29.9 Å². The van der Waals surface area contributed by atoms with Crippen LogP contribution < -0.4 is 16.4 Å². The zero-order chi connectivity index (χ0) is 52.6. The van der Waals surface area contributed by atoms with Crippen molar-refractivity contribution in [2.45, 2.75) is 142 Å². The van der Waals surface area contributed by atoms with Gasteiger partial charge in [-0.3, -0.25) is 43.9 Å². The largest absolute Gasteiger partial charge is 0.490 e. The Kier molecular flexibility index (Phi) is 23.7. The van der Waals surface area contributed by atoms with Crippen molar-refractivity contribution < 1.29 is 61.4 Å². The maximum Gasteiger partial charge on any atom is 0.490 e. The molecule has 5 amide bonds. The number of imide groups is 1. The van der Waals surface area contributed by atoms with Crippen LogP contribution in [-0.2, 0) is 49.5 Å². The molecule has 2 aliphatic rings. The standard InChI is InChI=1S/C47H78N8O8.C2HF3O2/c1-12-31(6)42(53(9)41(30(4)5)46(59)51-45(58)40(29(2)3)52(8)24-21-48)38(61-10)27-39(56)54-22-17-20-37(54)43(62-11)32(7)44(57)50-36(47(60)55-23-15-16-25-63-55)26-33-28-49-35-19-14-13-18-34(33)35;3-2(4,5)1(6)7/h13-14,18-19,28-32,36-38,40-43,49H,12,15-17,20-27,48H2,1-11H3,(H,50,57)(H,51,58,59);(H,6,7)/t31-,32+,36-,37-,38+,40-,41-,42-,43+;/m0./s1. The van der Waals surface area contributed by atoms with Gasteiger partial charge in [-0.25, -0.2) is 9.86 Å². The molecule has 6 N–H and O–H groups in total. The van der Waals surface area contributed by atoms with Crippen LogP contribution in [0.4, 0.5) is 13.2 Å². The number of hydrogen-bond donors (Lipinski definition) is 5. The van der Waals surface area contributed by atoms with Gasteiger partial charge in [0, 0.05) is 70.0 Å². The van der Waals surface area contributed by atoms with E-state index in [1.807, 2.05) is 87.0 Å². The highest BCUT2D eigenvalue weighted by atomic mass is 19.4. The molecule has 4 rings (SSSR count). The third-order valence-electron chi connectivity index (χ3n) is 13.6. The lowest BCUT2D eigenvalue weighted by Crippen LogP contribution is -2.60. The van der Waals surface area contributed by atoms with Crippen molar-refractivity contribution in [2.24, 2.45) is 29.4 Å². The third kappa shape index (κ3) is 15.9. The maximum atomic E-state index is 14.5. The average molecular weight is 997 g/mol. The number of alkyl halides is 3. The molecule has 2 fully saturated rings. The number of carbonyl (C=O) groups is 6. The minimum absolute atomic E-state index is 0.0108. The highest BCUT2D eigenvalue weighted by Gasteiger charge is 2.44. The number of benzene rings is 1. The van der Waals surface area contributed by atoms with Crippen LogP contribution in [0.2, 0.25) is 0 Å². The van der Waals surface area contributed by atoms with Crippen molar-refractivity contribution >= 4 is 46.4 Å². The molecule has 396 valence electrons. The van der Waals surface area contributed by atoms with Crippen LogP contribution in [-0.4, -0.2) is 175 Å². The van der Waals surface area contributed by atoms with Crippen LogP contribution in [0.1, 0.15) is 92.6 Å². The number of fused-ring (bicyclic) bond motifs is 1. The lowest BCUT2D eigenvalue weighted by molar-refractivity contribution is -0.199. The Labute approximate surface area is 410 Å². The number of carboxylic acids is 1. The summed E-state index contributed by atoms with van der Waals surface area (Å²) in [5.74, 6) is -5.27. The van der Waals surface area contributed by atoms with Crippen LogP contribution in [0.5, 0.6) is 0 Å². The van der Waals surface area contributed by atoms with Gasteiger partial charge in [-0.2, -0.15) is 13.2 Å². The number of aromatic nitrogens is 1. The van der Waals surface area contributed by atoms with Gasteiger partial charge < -0.3 is 35.5 Å². The van der Waals surface area contributed by atoms with E-state index >= 15 is 0 Å². The first-order chi connectivity index (χ1) is 32.9. The first kappa shape index (κ1) is 59.6. The third-order valence-corrected chi connectivity index (χ3v) is 13.6. The smallest absolute Gasteiger partial charge is 0.475 e. The Bertz CT molecular complexity index is 2010. The number of aliphatic carboxylic acids is 1. The van der Waals surface area contributed by atoms with Gasteiger partial charge in [0.25, 0.3) is 5.91 Å². The molecule has 0 bridgehead atoms. The lowest BCUT2D eigenvalue weighted by atomic mass is 9.87. The molecule has 0 aliphatic carbocycles. The van der Waals surface area contributed by atoms with Crippen LogP contribution in [0.15, 0.2) is 30.5 Å². The molecule has 0 radical (unpaired) electrons. The first-order valence-corrected chi connectivity index (χ1v) is 24.4.